The first kappa shape index (κ1) is 21.9. The van der Waals surface area contributed by atoms with Crippen molar-refractivity contribution in [3.63, 3.8) is 0 Å². The average molecular weight is 410 g/mol. The Morgan fingerprint density at radius 2 is 1.67 bits per heavy atom. The molecule has 0 saturated heterocycles. The van der Waals surface area contributed by atoms with Gasteiger partial charge in [0, 0.05) is 19.6 Å². The molecule has 160 valence electrons. The molecule has 0 aliphatic carbocycles. The molecule has 0 aromatic heterocycles. The van der Waals surface area contributed by atoms with Gasteiger partial charge in [-0.15, -0.1) is 0 Å². The molecule has 1 aliphatic rings. The van der Waals surface area contributed by atoms with E-state index in [-0.39, 0.29) is 17.3 Å². The molecule has 1 N–H and O–H groups in total. The molecule has 1 aliphatic heterocycles. The minimum absolute atomic E-state index is 0.157. The van der Waals surface area contributed by atoms with Gasteiger partial charge in [0.25, 0.3) is 0 Å². The summed E-state index contributed by atoms with van der Waals surface area (Å²) in [5, 5.41) is 10.6. The monoisotopic (exact) mass is 409 g/mol. The lowest BCUT2D eigenvalue weighted by molar-refractivity contribution is 0.101. The molecule has 2 aromatic carbocycles. The third-order valence-corrected chi connectivity index (χ3v) is 4.96. The molecule has 1 heterocycles. The number of phenols is 1. The van der Waals surface area contributed by atoms with E-state index in [1.807, 2.05) is 24.3 Å². The number of methoxy groups -OCH3 is 1. The molecule has 5 nitrogen and oxygen atoms in total. The van der Waals surface area contributed by atoms with Crippen molar-refractivity contribution in [2.24, 2.45) is 11.8 Å². The van der Waals surface area contributed by atoms with Crippen LogP contribution in [0, 0.1) is 11.8 Å². The topological polar surface area (TPSA) is 59.0 Å². The Morgan fingerprint density at radius 3 is 2.23 bits per heavy atom. The minimum atomic E-state index is -0.165. The molecule has 30 heavy (non-hydrogen) atoms. The Labute approximate surface area is 178 Å². The van der Waals surface area contributed by atoms with Crippen molar-refractivity contribution in [3.05, 3.63) is 58.8 Å². The number of allylic oxidation sites excluding steroid dienone is 1. The zero-order valence-electron chi connectivity index (χ0n) is 18.4. The SMILES string of the molecule is COc1ccc(/C=C2/Oc3c(ccc(O)c3CN(CC(C)C)CC(C)C)C2=O)cc1. The largest absolute Gasteiger partial charge is 0.507 e. The van der Waals surface area contributed by atoms with Crippen LogP contribution in [0.5, 0.6) is 17.2 Å². The predicted octanol–water partition coefficient (Wildman–Crippen LogP) is 5.13. The number of rotatable bonds is 8. The fourth-order valence-electron chi connectivity index (χ4n) is 3.76. The normalized spacial score (nSPS) is 14.7. The highest BCUT2D eigenvalue weighted by Gasteiger charge is 2.31. The summed E-state index contributed by atoms with van der Waals surface area (Å²) >= 11 is 0. The summed E-state index contributed by atoms with van der Waals surface area (Å²) in [6.07, 6.45) is 1.72. The van der Waals surface area contributed by atoms with E-state index in [0.717, 1.165) is 24.4 Å². The standard InChI is InChI=1S/C25H31NO4/c1-16(2)13-26(14-17(3)4)15-21-22(27)11-10-20-24(28)23(30-25(20)21)12-18-6-8-19(29-5)9-7-18/h6-12,16-17,27H,13-15H2,1-5H3/b23-12+. The molecular weight excluding hydrogens is 378 g/mol. The van der Waals surface area contributed by atoms with E-state index in [9.17, 15) is 9.90 Å². The van der Waals surface area contributed by atoms with Crippen LogP contribution in [0.15, 0.2) is 42.2 Å². The van der Waals surface area contributed by atoms with Gasteiger partial charge in [0.2, 0.25) is 5.78 Å². The van der Waals surface area contributed by atoms with Gasteiger partial charge < -0.3 is 14.6 Å². The van der Waals surface area contributed by atoms with Gasteiger partial charge in [0.15, 0.2) is 5.76 Å². The number of hydrogen-bond donors (Lipinski definition) is 1. The van der Waals surface area contributed by atoms with E-state index in [2.05, 4.69) is 32.6 Å². The molecule has 0 spiro atoms. The van der Waals surface area contributed by atoms with Crippen LogP contribution >= 0.6 is 0 Å². The van der Waals surface area contributed by atoms with Gasteiger partial charge in [-0.05, 0) is 47.7 Å². The lowest BCUT2D eigenvalue weighted by Gasteiger charge is -2.27. The average Bonchev–Trinajstić information content (AvgIpc) is 2.99. The zero-order valence-corrected chi connectivity index (χ0v) is 18.4. The molecule has 0 atom stereocenters. The van der Waals surface area contributed by atoms with Crippen molar-refractivity contribution in [2.45, 2.75) is 34.2 Å². The second-order valence-electron chi connectivity index (χ2n) is 8.63. The lowest BCUT2D eigenvalue weighted by atomic mass is 10.0. The summed E-state index contributed by atoms with van der Waals surface area (Å²) in [6.45, 7) is 11.1. The number of phenolic OH excluding ortho intramolecular Hbond substituents is 1. The molecule has 0 amide bonds. The molecule has 0 saturated carbocycles. The van der Waals surface area contributed by atoms with Crippen LogP contribution in [0.25, 0.3) is 6.08 Å². The number of carbonyl (C=O) groups excluding carboxylic acids is 1. The van der Waals surface area contributed by atoms with Crippen LogP contribution in [-0.2, 0) is 6.54 Å². The Bertz CT molecular complexity index is 919. The maximum absolute atomic E-state index is 12.9. The summed E-state index contributed by atoms with van der Waals surface area (Å²) < 4.78 is 11.2. The fraction of sp³-hybridized carbons (Fsp3) is 0.400. The summed E-state index contributed by atoms with van der Waals surface area (Å²) in [6, 6.07) is 10.7. The molecule has 0 radical (unpaired) electrons. The molecular formula is C25H31NO4. The van der Waals surface area contributed by atoms with Crippen LogP contribution < -0.4 is 9.47 Å². The highest BCUT2D eigenvalue weighted by atomic mass is 16.5. The number of hydrogen-bond acceptors (Lipinski definition) is 5. The Hall–Kier alpha value is -2.79. The quantitative estimate of drug-likeness (QED) is 0.613. The molecule has 0 unspecified atom stereocenters. The number of aromatic hydroxyl groups is 1. The van der Waals surface area contributed by atoms with Crippen LogP contribution in [0.1, 0.15) is 49.2 Å². The van der Waals surface area contributed by atoms with Crippen LogP contribution in [0.2, 0.25) is 0 Å². The molecule has 2 aromatic rings. The number of benzene rings is 2. The maximum Gasteiger partial charge on any atom is 0.231 e. The first-order chi connectivity index (χ1) is 14.3. The second-order valence-corrected chi connectivity index (χ2v) is 8.63. The predicted molar refractivity (Wildman–Crippen MR) is 119 cm³/mol. The van der Waals surface area contributed by atoms with Crippen molar-refractivity contribution in [2.75, 3.05) is 20.2 Å². The van der Waals surface area contributed by atoms with Gasteiger partial charge in [-0.25, -0.2) is 0 Å². The number of fused-ring (bicyclic) bond motifs is 1. The van der Waals surface area contributed by atoms with E-state index in [0.29, 0.717) is 35.3 Å². The molecule has 0 fully saturated rings. The van der Waals surface area contributed by atoms with Gasteiger partial charge in [-0.1, -0.05) is 39.8 Å². The zero-order chi connectivity index (χ0) is 21.8. The summed E-state index contributed by atoms with van der Waals surface area (Å²) in [4.78, 5) is 15.2. The fourth-order valence-corrected chi connectivity index (χ4v) is 3.76. The Morgan fingerprint density at radius 1 is 1.03 bits per heavy atom. The van der Waals surface area contributed by atoms with Gasteiger partial charge in [0.1, 0.15) is 17.2 Å². The van der Waals surface area contributed by atoms with E-state index in [1.165, 1.54) is 0 Å². The molecule has 3 rings (SSSR count). The number of ether oxygens (including phenoxy) is 2. The van der Waals surface area contributed by atoms with Crippen molar-refractivity contribution >= 4 is 11.9 Å². The highest BCUT2D eigenvalue weighted by molar-refractivity contribution is 6.15. The smallest absolute Gasteiger partial charge is 0.231 e. The number of nitrogens with zero attached hydrogens (tertiary/aromatic N) is 1. The molecule has 0 bridgehead atoms. The Kier molecular flexibility index (Phi) is 6.83. The van der Waals surface area contributed by atoms with Crippen LogP contribution in [0.3, 0.4) is 0 Å². The van der Waals surface area contributed by atoms with Crippen molar-refractivity contribution in [1.82, 2.24) is 4.90 Å². The molecule has 5 heteroatoms. The van der Waals surface area contributed by atoms with E-state index < -0.39 is 0 Å². The minimum Gasteiger partial charge on any atom is -0.507 e. The van der Waals surface area contributed by atoms with Gasteiger partial charge in [0.05, 0.1) is 18.2 Å². The van der Waals surface area contributed by atoms with E-state index >= 15 is 0 Å². The first-order valence-electron chi connectivity index (χ1n) is 10.4. The highest BCUT2D eigenvalue weighted by Crippen LogP contribution is 2.40. The van der Waals surface area contributed by atoms with Gasteiger partial charge in [-0.3, -0.25) is 9.69 Å². The van der Waals surface area contributed by atoms with Gasteiger partial charge >= 0.3 is 0 Å². The van der Waals surface area contributed by atoms with E-state index in [4.69, 9.17) is 9.47 Å². The summed E-state index contributed by atoms with van der Waals surface area (Å²) in [5.74, 6) is 2.47. The van der Waals surface area contributed by atoms with E-state index in [1.54, 1.807) is 25.3 Å². The van der Waals surface area contributed by atoms with Crippen molar-refractivity contribution in [1.29, 1.82) is 0 Å². The van der Waals surface area contributed by atoms with Crippen LogP contribution in [-0.4, -0.2) is 36.0 Å². The number of carbonyl (C=O) groups is 1. The summed E-state index contributed by atoms with van der Waals surface area (Å²) in [7, 11) is 1.61. The van der Waals surface area contributed by atoms with Crippen LogP contribution in [0.4, 0.5) is 0 Å². The van der Waals surface area contributed by atoms with Crippen molar-refractivity contribution < 1.29 is 19.4 Å². The number of ketones is 1. The third-order valence-electron chi connectivity index (χ3n) is 4.96. The number of Topliss-reactive ketones (excluding diaryl/α,β-unsaturated/α-hetero) is 1. The van der Waals surface area contributed by atoms with Crippen molar-refractivity contribution in [3.8, 4) is 17.2 Å². The lowest BCUT2D eigenvalue weighted by Crippen LogP contribution is -2.31. The summed E-state index contributed by atoms with van der Waals surface area (Å²) in [5.41, 5.74) is 2.01. The third kappa shape index (κ3) is 5.03. The first-order valence-corrected chi connectivity index (χ1v) is 10.4. The maximum atomic E-state index is 12.9. The Balaban J connectivity index is 1.90. The second kappa shape index (κ2) is 9.35. The van der Waals surface area contributed by atoms with Gasteiger partial charge in [-0.2, -0.15) is 0 Å².